The van der Waals surface area contributed by atoms with Crippen LogP contribution in [0.3, 0.4) is 0 Å². The van der Waals surface area contributed by atoms with E-state index < -0.39 is 0 Å². The Hall–Kier alpha value is -1.12. The standard InChI is InChI=1S/C6H7N2O/c1-2-9-6-7-4-3-5-8-6/h3-4H,2H2,1H3. The van der Waals surface area contributed by atoms with Gasteiger partial charge in [0, 0.05) is 6.20 Å². The van der Waals surface area contributed by atoms with Gasteiger partial charge in [0.05, 0.1) is 12.8 Å². The van der Waals surface area contributed by atoms with Crippen LogP contribution in [-0.4, -0.2) is 16.6 Å². The first-order valence-electron chi connectivity index (χ1n) is 2.75. The number of hydrogen-bond acceptors (Lipinski definition) is 3. The van der Waals surface area contributed by atoms with E-state index in [0.717, 1.165) is 0 Å². The minimum absolute atomic E-state index is 0.389. The Morgan fingerprint density at radius 1 is 1.78 bits per heavy atom. The Kier molecular flexibility index (Phi) is 2.01. The van der Waals surface area contributed by atoms with Gasteiger partial charge in [0.1, 0.15) is 0 Å². The predicted octanol–water partition coefficient (Wildman–Crippen LogP) is 0.675. The summed E-state index contributed by atoms with van der Waals surface area (Å²) in [6.45, 7) is 2.48. The lowest BCUT2D eigenvalue weighted by Crippen LogP contribution is -1.95. The van der Waals surface area contributed by atoms with E-state index in [9.17, 15) is 0 Å². The lowest BCUT2D eigenvalue weighted by molar-refractivity contribution is 0.312. The molecule has 1 radical (unpaired) electrons. The van der Waals surface area contributed by atoms with E-state index in [0.29, 0.717) is 12.6 Å². The summed E-state index contributed by atoms with van der Waals surface area (Å²) in [7, 11) is 0. The average molecular weight is 123 g/mol. The van der Waals surface area contributed by atoms with Crippen LogP contribution in [0.25, 0.3) is 0 Å². The Morgan fingerprint density at radius 2 is 2.67 bits per heavy atom. The first-order chi connectivity index (χ1) is 4.43. The Bertz CT molecular complexity index is 164. The fourth-order valence-corrected chi connectivity index (χ4v) is 0.454. The highest BCUT2D eigenvalue weighted by molar-refractivity contribution is 4.91. The smallest absolute Gasteiger partial charge is 0.316 e. The highest BCUT2D eigenvalue weighted by Crippen LogP contribution is 1.94. The van der Waals surface area contributed by atoms with Crippen molar-refractivity contribution in [2.75, 3.05) is 6.61 Å². The summed E-state index contributed by atoms with van der Waals surface area (Å²) < 4.78 is 4.95. The summed E-state index contributed by atoms with van der Waals surface area (Å²) in [6.07, 6.45) is 4.20. The molecule has 0 fully saturated rings. The fraction of sp³-hybridized carbons (Fsp3) is 0.333. The van der Waals surface area contributed by atoms with Gasteiger partial charge in [-0.1, -0.05) is 0 Å². The lowest BCUT2D eigenvalue weighted by atomic mass is 10.7. The zero-order chi connectivity index (χ0) is 6.53. The molecule has 0 unspecified atom stereocenters. The molecule has 3 heteroatoms. The van der Waals surface area contributed by atoms with Crippen LogP contribution in [0.15, 0.2) is 12.3 Å². The number of hydrogen-bond donors (Lipinski definition) is 0. The molecule has 0 spiro atoms. The van der Waals surface area contributed by atoms with Crippen molar-refractivity contribution < 1.29 is 4.74 Å². The van der Waals surface area contributed by atoms with E-state index in [1.807, 2.05) is 6.92 Å². The highest BCUT2D eigenvalue weighted by Gasteiger charge is 1.88. The first-order valence-corrected chi connectivity index (χ1v) is 2.75. The third-order valence-electron chi connectivity index (χ3n) is 0.768. The maximum Gasteiger partial charge on any atom is 0.316 e. The van der Waals surface area contributed by atoms with Gasteiger partial charge in [-0.05, 0) is 13.0 Å². The summed E-state index contributed by atoms with van der Waals surface area (Å²) in [4.78, 5) is 7.51. The van der Waals surface area contributed by atoms with Gasteiger partial charge < -0.3 is 4.74 Å². The Labute approximate surface area is 53.7 Å². The molecule has 0 atom stereocenters. The van der Waals surface area contributed by atoms with Crippen LogP contribution < -0.4 is 4.74 Å². The topological polar surface area (TPSA) is 35.0 Å². The van der Waals surface area contributed by atoms with Crippen LogP contribution in [0, 0.1) is 6.20 Å². The van der Waals surface area contributed by atoms with Gasteiger partial charge in [0.15, 0.2) is 0 Å². The molecule has 3 nitrogen and oxygen atoms in total. The number of nitrogens with zero attached hydrogens (tertiary/aromatic N) is 2. The van der Waals surface area contributed by atoms with E-state index in [1.165, 1.54) is 0 Å². The van der Waals surface area contributed by atoms with Crippen molar-refractivity contribution in [2.45, 2.75) is 6.92 Å². The third-order valence-corrected chi connectivity index (χ3v) is 0.768. The maximum atomic E-state index is 4.95. The van der Waals surface area contributed by atoms with Gasteiger partial charge >= 0.3 is 6.01 Å². The minimum Gasteiger partial charge on any atom is -0.464 e. The molecular weight excluding hydrogens is 116 g/mol. The maximum absolute atomic E-state index is 4.95. The molecule has 47 valence electrons. The van der Waals surface area contributed by atoms with E-state index in [2.05, 4.69) is 16.2 Å². The second-order valence-corrected chi connectivity index (χ2v) is 1.40. The third kappa shape index (κ3) is 1.68. The zero-order valence-electron chi connectivity index (χ0n) is 5.16. The number of aromatic nitrogens is 2. The average Bonchev–Trinajstić information content (AvgIpc) is 1.91. The van der Waals surface area contributed by atoms with Gasteiger partial charge in [-0.15, -0.1) is 0 Å². The van der Waals surface area contributed by atoms with Crippen molar-refractivity contribution in [3.63, 3.8) is 0 Å². The van der Waals surface area contributed by atoms with E-state index in [-0.39, 0.29) is 0 Å². The second kappa shape index (κ2) is 3.02. The van der Waals surface area contributed by atoms with Crippen LogP contribution in [0.1, 0.15) is 6.92 Å². The molecule has 0 bridgehead atoms. The Morgan fingerprint density at radius 3 is 3.22 bits per heavy atom. The molecule has 1 aromatic rings. The largest absolute Gasteiger partial charge is 0.464 e. The van der Waals surface area contributed by atoms with Crippen molar-refractivity contribution in [3.8, 4) is 6.01 Å². The molecule has 1 heterocycles. The monoisotopic (exact) mass is 123 g/mol. The van der Waals surface area contributed by atoms with E-state index in [1.54, 1.807) is 12.3 Å². The predicted molar refractivity (Wildman–Crippen MR) is 32.0 cm³/mol. The molecule has 0 saturated carbocycles. The van der Waals surface area contributed by atoms with Crippen LogP contribution in [-0.2, 0) is 0 Å². The molecule has 0 aromatic carbocycles. The van der Waals surface area contributed by atoms with Crippen molar-refractivity contribution in [1.82, 2.24) is 9.97 Å². The SMILES string of the molecule is CCOc1n[c]ccn1. The fourth-order valence-electron chi connectivity index (χ4n) is 0.454. The van der Waals surface area contributed by atoms with Crippen molar-refractivity contribution >= 4 is 0 Å². The molecule has 0 saturated heterocycles. The molecule has 0 aliphatic rings. The van der Waals surface area contributed by atoms with Gasteiger partial charge in [-0.2, -0.15) is 4.98 Å². The summed E-state index contributed by atoms with van der Waals surface area (Å²) in [5.41, 5.74) is 0. The zero-order valence-corrected chi connectivity index (χ0v) is 5.16. The quantitative estimate of drug-likeness (QED) is 0.580. The summed E-state index contributed by atoms with van der Waals surface area (Å²) in [6, 6.07) is 2.02. The molecule has 0 N–H and O–H groups in total. The van der Waals surface area contributed by atoms with Crippen molar-refractivity contribution in [3.05, 3.63) is 18.5 Å². The molecular formula is C6H7N2O. The van der Waals surface area contributed by atoms with Gasteiger partial charge in [0.2, 0.25) is 0 Å². The summed E-state index contributed by atoms with van der Waals surface area (Å²) >= 11 is 0. The van der Waals surface area contributed by atoms with Crippen LogP contribution in [0.5, 0.6) is 6.01 Å². The van der Waals surface area contributed by atoms with Crippen LogP contribution >= 0.6 is 0 Å². The number of ether oxygens (including phenoxy) is 1. The molecule has 0 aliphatic carbocycles. The molecule has 9 heavy (non-hydrogen) atoms. The van der Waals surface area contributed by atoms with Crippen molar-refractivity contribution in [2.24, 2.45) is 0 Å². The second-order valence-electron chi connectivity index (χ2n) is 1.40. The normalized spacial score (nSPS) is 9.00. The molecule has 0 aliphatic heterocycles. The van der Waals surface area contributed by atoms with Gasteiger partial charge in [-0.3, -0.25) is 0 Å². The lowest BCUT2D eigenvalue weighted by Gasteiger charge is -1.95. The van der Waals surface area contributed by atoms with E-state index in [4.69, 9.17) is 4.74 Å². The Balaban J connectivity index is 2.61. The van der Waals surface area contributed by atoms with Gasteiger partial charge in [0.25, 0.3) is 0 Å². The van der Waals surface area contributed by atoms with Crippen LogP contribution in [0.4, 0.5) is 0 Å². The number of rotatable bonds is 2. The van der Waals surface area contributed by atoms with Crippen molar-refractivity contribution in [1.29, 1.82) is 0 Å². The van der Waals surface area contributed by atoms with E-state index >= 15 is 0 Å². The molecule has 1 aromatic heterocycles. The minimum atomic E-state index is 0.389. The first kappa shape index (κ1) is 6.01. The van der Waals surface area contributed by atoms with Gasteiger partial charge in [-0.25, -0.2) is 4.98 Å². The van der Waals surface area contributed by atoms with Crippen LogP contribution in [0.2, 0.25) is 0 Å². The molecule has 0 amide bonds. The molecule has 1 rings (SSSR count). The summed E-state index contributed by atoms with van der Waals surface area (Å²) in [5, 5.41) is 0. The summed E-state index contributed by atoms with van der Waals surface area (Å²) in [5.74, 6) is 0. The highest BCUT2D eigenvalue weighted by atomic mass is 16.5.